The number of hydrogen-bond acceptors (Lipinski definition) is 8. The molecule has 39 heavy (non-hydrogen) atoms. The molecule has 4 amide bonds. The lowest BCUT2D eigenvalue weighted by Gasteiger charge is -2.25. The van der Waals surface area contributed by atoms with Crippen LogP contribution >= 0.6 is 0 Å². The highest BCUT2D eigenvalue weighted by atomic mass is 16.4. The van der Waals surface area contributed by atoms with Crippen LogP contribution < -0.4 is 27.4 Å². The van der Waals surface area contributed by atoms with E-state index < -0.39 is 53.8 Å². The van der Waals surface area contributed by atoms with Crippen LogP contribution in [0.2, 0.25) is 0 Å². The van der Waals surface area contributed by atoms with Gasteiger partial charge in [-0.1, -0.05) is 26.0 Å². The van der Waals surface area contributed by atoms with Crippen molar-refractivity contribution in [1.29, 1.82) is 0 Å². The van der Waals surface area contributed by atoms with Crippen molar-refractivity contribution in [2.75, 3.05) is 0 Å². The summed E-state index contributed by atoms with van der Waals surface area (Å²) in [6, 6.07) is 1.07. The topological polar surface area (TPSA) is 243 Å². The van der Waals surface area contributed by atoms with E-state index >= 15 is 0 Å². The van der Waals surface area contributed by atoms with Gasteiger partial charge in [0.2, 0.25) is 23.6 Å². The number of carbonyl (C=O) groups is 5. The number of aromatic amines is 1. The lowest BCUT2D eigenvalue weighted by molar-refractivity contribution is -0.142. The average molecular weight is 546 g/mol. The molecule has 0 saturated heterocycles. The fraction of sp³-hybridized carbons (Fsp3) is 0.440. The summed E-state index contributed by atoms with van der Waals surface area (Å²) < 4.78 is 0. The van der Waals surface area contributed by atoms with Gasteiger partial charge in [-0.25, -0.2) is 9.78 Å². The maximum absolute atomic E-state index is 13.3. The fourth-order valence-electron chi connectivity index (χ4n) is 3.56. The van der Waals surface area contributed by atoms with E-state index in [0.29, 0.717) is 11.3 Å². The number of carbonyl (C=O) groups excluding carboxylic acids is 4. The number of aromatic nitrogens is 2. The normalized spacial score (nSPS) is 14.1. The molecule has 212 valence electrons. The lowest BCUT2D eigenvalue weighted by Crippen LogP contribution is -2.58. The zero-order valence-electron chi connectivity index (χ0n) is 21.7. The Morgan fingerprint density at radius 1 is 0.923 bits per heavy atom. The third kappa shape index (κ3) is 10.1. The second-order valence-electron chi connectivity index (χ2n) is 9.45. The number of carboxylic acids is 1. The number of hydrogen-bond donors (Lipinski definition) is 8. The van der Waals surface area contributed by atoms with Crippen molar-refractivity contribution in [1.82, 2.24) is 25.9 Å². The summed E-state index contributed by atoms with van der Waals surface area (Å²) in [5.74, 6) is -4.47. The highest BCUT2D eigenvalue weighted by Crippen LogP contribution is 2.12. The van der Waals surface area contributed by atoms with Crippen molar-refractivity contribution in [3.8, 4) is 5.75 Å². The number of imidazole rings is 1. The molecule has 0 saturated carbocycles. The zero-order valence-corrected chi connectivity index (χ0v) is 21.7. The summed E-state index contributed by atoms with van der Waals surface area (Å²) in [5.41, 5.74) is 12.1. The number of rotatable bonds is 15. The van der Waals surface area contributed by atoms with E-state index in [1.54, 1.807) is 13.8 Å². The molecule has 0 aliphatic heterocycles. The first-order chi connectivity index (χ1) is 18.4. The molecular weight excluding hydrogens is 510 g/mol. The molecule has 4 atom stereocenters. The van der Waals surface area contributed by atoms with Gasteiger partial charge in [-0.05, 0) is 30.0 Å². The van der Waals surface area contributed by atoms with Crippen molar-refractivity contribution in [2.45, 2.75) is 63.7 Å². The van der Waals surface area contributed by atoms with Crippen molar-refractivity contribution in [2.24, 2.45) is 17.4 Å². The molecule has 0 aliphatic rings. The number of carboxylic acid groups (broad SMARTS) is 1. The predicted molar refractivity (Wildman–Crippen MR) is 139 cm³/mol. The van der Waals surface area contributed by atoms with Gasteiger partial charge in [-0.15, -0.1) is 0 Å². The van der Waals surface area contributed by atoms with Crippen LogP contribution in [0.15, 0.2) is 36.8 Å². The van der Waals surface area contributed by atoms with Gasteiger partial charge in [0.25, 0.3) is 0 Å². The Kier molecular flexibility index (Phi) is 11.4. The van der Waals surface area contributed by atoms with Gasteiger partial charge in [-0.3, -0.25) is 19.2 Å². The molecule has 0 radical (unpaired) electrons. The van der Waals surface area contributed by atoms with Gasteiger partial charge in [0.05, 0.1) is 12.4 Å². The van der Waals surface area contributed by atoms with Gasteiger partial charge >= 0.3 is 5.97 Å². The minimum Gasteiger partial charge on any atom is -0.508 e. The van der Waals surface area contributed by atoms with Crippen molar-refractivity contribution in [3.63, 3.8) is 0 Å². The molecule has 0 aliphatic carbocycles. The molecule has 4 unspecified atom stereocenters. The molecule has 14 heteroatoms. The molecule has 1 heterocycles. The van der Waals surface area contributed by atoms with Crippen LogP contribution in [0.1, 0.15) is 37.9 Å². The van der Waals surface area contributed by atoms with E-state index in [1.165, 1.54) is 36.8 Å². The van der Waals surface area contributed by atoms with E-state index in [9.17, 15) is 34.2 Å². The molecule has 0 bridgehead atoms. The van der Waals surface area contributed by atoms with Gasteiger partial charge in [-0.2, -0.15) is 0 Å². The maximum atomic E-state index is 13.3. The van der Waals surface area contributed by atoms with Crippen molar-refractivity contribution < 1.29 is 34.2 Å². The standard InChI is InChI=1S/C25H35N7O7/c1-13(2)21(27)24(37)30-17(7-8-20(26)34)22(35)31-18(9-14-3-5-16(33)6-4-14)23(36)32-19(25(38)39)10-15-11-28-12-29-15/h3-6,11-13,17-19,21,33H,7-10,27H2,1-2H3,(H2,26,34)(H,28,29)(H,30,37)(H,31,35)(H,32,36)(H,38,39). The molecule has 10 N–H and O–H groups in total. The number of primary amides is 1. The van der Waals surface area contributed by atoms with Gasteiger partial charge in [0.15, 0.2) is 0 Å². The number of phenols is 1. The van der Waals surface area contributed by atoms with Crippen LogP contribution in [0.25, 0.3) is 0 Å². The minimum absolute atomic E-state index is 0.00925. The monoisotopic (exact) mass is 545 g/mol. The van der Waals surface area contributed by atoms with Crippen LogP contribution in [-0.4, -0.2) is 73.9 Å². The van der Waals surface area contributed by atoms with Crippen LogP contribution in [0.5, 0.6) is 5.75 Å². The van der Waals surface area contributed by atoms with E-state index in [4.69, 9.17) is 11.5 Å². The van der Waals surface area contributed by atoms with Crippen molar-refractivity contribution >= 4 is 29.6 Å². The van der Waals surface area contributed by atoms with Crippen LogP contribution in [0.4, 0.5) is 0 Å². The number of phenolic OH excluding ortho intramolecular Hbond substituents is 1. The first-order valence-electron chi connectivity index (χ1n) is 12.3. The van der Waals surface area contributed by atoms with Gasteiger partial charge < -0.3 is 42.6 Å². The Morgan fingerprint density at radius 2 is 1.51 bits per heavy atom. The van der Waals surface area contributed by atoms with Crippen LogP contribution in [0, 0.1) is 5.92 Å². The molecule has 0 fully saturated rings. The van der Waals surface area contributed by atoms with Crippen LogP contribution in [0.3, 0.4) is 0 Å². The third-order valence-electron chi connectivity index (χ3n) is 5.94. The third-order valence-corrected chi connectivity index (χ3v) is 5.94. The Balaban J connectivity index is 2.27. The summed E-state index contributed by atoms with van der Waals surface area (Å²) in [4.78, 5) is 68.9. The second-order valence-corrected chi connectivity index (χ2v) is 9.45. The number of nitrogens with two attached hydrogens (primary N) is 2. The van der Waals surface area contributed by atoms with E-state index in [-0.39, 0.29) is 37.4 Å². The highest BCUT2D eigenvalue weighted by molar-refractivity contribution is 5.94. The quantitative estimate of drug-likeness (QED) is 0.132. The predicted octanol–water partition coefficient (Wildman–Crippen LogP) is -1.31. The Morgan fingerprint density at radius 3 is 2.05 bits per heavy atom. The molecule has 1 aromatic heterocycles. The molecule has 2 aromatic rings. The van der Waals surface area contributed by atoms with E-state index in [0.717, 1.165) is 0 Å². The molecule has 0 spiro atoms. The summed E-state index contributed by atoms with van der Waals surface area (Å²) in [5, 5.41) is 26.7. The number of nitrogens with one attached hydrogen (secondary N) is 4. The SMILES string of the molecule is CC(C)C(N)C(=O)NC(CCC(N)=O)C(=O)NC(Cc1ccc(O)cc1)C(=O)NC(Cc1cnc[nH]1)C(=O)O. The number of aliphatic carboxylic acids is 1. The summed E-state index contributed by atoms with van der Waals surface area (Å²) in [6.07, 6.45) is 2.25. The molecule has 14 nitrogen and oxygen atoms in total. The number of nitrogens with zero attached hydrogens (tertiary/aromatic N) is 1. The summed E-state index contributed by atoms with van der Waals surface area (Å²) >= 11 is 0. The molecule has 2 rings (SSSR count). The second kappa shape index (κ2) is 14.5. The number of H-pyrrole nitrogens is 1. The molecule has 1 aromatic carbocycles. The first kappa shape index (κ1) is 30.8. The Labute approximate surface area is 224 Å². The largest absolute Gasteiger partial charge is 0.508 e. The Bertz CT molecular complexity index is 1140. The number of amides is 4. The highest BCUT2D eigenvalue weighted by Gasteiger charge is 2.31. The van der Waals surface area contributed by atoms with E-state index in [1.807, 2.05) is 0 Å². The van der Waals surface area contributed by atoms with Gasteiger partial charge in [0, 0.05) is 31.2 Å². The summed E-state index contributed by atoms with van der Waals surface area (Å²) in [6.45, 7) is 3.45. The summed E-state index contributed by atoms with van der Waals surface area (Å²) in [7, 11) is 0. The minimum atomic E-state index is -1.34. The maximum Gasteiger partial charge on any atom is 0.326 e. The van der Waals surface area contributed by atoms with Crippen LogP contribution in [-0.2, 0) is 36.8 Å². The smallest absolute Gasteiger partial charge is 0.326 e. The Hall–Kier alpha value is -4.46. The zero-order chi connectivity index (χ0) is 29.1. The number of benzene rings is 1. The first-order valence-corrected chi connectivity index (χ1v) is 12.3. The van der Waals surface area contributed by atoms with Crippen molar-refractivity contribution in [3.05, 3.63) is 48.0 Å². The lowest BCUT2D eigenvalue weighted by atomic mass is 10.0. The van der Waals surface area contributed by atoms with Gasteiger partial charge in [0.1, 0.15) is 23.9 Å². The fourth-order valence-corrected chi connectivity index (χ4v) is 3.56. The number of aromatic hydroxyl groups is 1. The van der Waals surface area contributed by atoms with E-state index in [2.05, 4.69) is 25.9 Å². The molecular formula is C25H35N7O7. The average Bonchev–Trinajstić information content (AvgIpc) is 3.39.